The molecule has 0 unspecified atom stereocenters. The van der Waals surface area contributed by atoms with Gasteiger partial charge in [-0.25, -0.2) is 14.2 Å². The molecule has 0 radical (unpaired) electrons. The standard InChI is InChI=1S/C27H35FN2O8/c1-7-19(8-2)24(38-21-11-9-10-20(28)14-21)17(4)37-27(33)16(3)30-26(32)23-25(36-15-35-18(5)31)22(34-6)12-13-29-23/h9-14,16-17,19,24H,7-8,15H2,1-6H3,(H,30,32)/t16-,17-,24-/m0/s1. The van der Waals surface area contributed by atoms with Crippen molar-refractivity contribution in [2.45, 2.75) is 65.7 Å². The number of hydrogen-bond acceptors (Lipinski definition) is 9. The van der Waals surface area contributed by atoms with Crippen molar-refractivity contribution in [3.63, 3.8) is 0 Å². The van der Waals surface area contributed by atoms with Crippen molar-refractivity contribution in [1.29, 1.82) is 0 Å². The van der Waals surface area contributed by atoms with Crippen LogP contribution in [0.15, 0.2) is 36.5 Å². The fraction of sp³-hybridized carbons (Fsp3) is 0.481. The first-order chi connectivity index (χ1) is 18.1. The van der Waals surface area contributed by atoms with E-state index in [2.05, 4.69) is 10.3 Å². The van der Waals surface area contributed by atoms with Gasteiger partial charge in [0.05, 0.1) is 7.11 Å². The number of amides is 1. The molecule has 2 rings (SSSR count). The molecule has 0 aliphatic carbocycles. The predicted molar refractivity (Wildman–Crippen MR) is 135 cm³/mol. The number of aromatic nitrogens is 1. The fourth-order valence-electron chi connectivity index (χ4n) is 3.77. The summed E-state index contributed by atoms with van der Waals surface area (Å²) in [5, 5.41) is 2.54. The molecular formula is C27H35FN2O8. The van der Waals surface area contributed by atoms with Gasteiger partial charge in [0.25, 0.3) is 5.91 Å². The number of benzene rings is 1. The van der Waals surface area contributed by atoms with Gasteiger partial charge in [0.1, 0.15) is 29.8 Å². The first kappa shape index (κ1) is 30.3. The third-order valence-electron chi connectivity index (χ3n) is 5.82. The average Bonchev–Trinajstić information content (AvgIpc) is 2.88. The highest BCUT2D eigenvalue weighted by Gasteiger charge is 2.32. The summed E-state index contributed by atoms with van der Waals surface area (Å²) in [6, 6.07) is 6.18. The van der Waals surface area contributed by atoms with Crippen molar-refractivity contribution in [1.82, 2.24) is 10.3 Å². The Morgan fingerprint density at radius 3 is 2.42 bits per heavy atom. The Morgan fingerprint density at radius 1 is 1.11 bits per heavy atom. The number of methoxy groups -OCH3 is 1. The molecule has 1 aromatic carbocycles. The van der Waals surface area contributed by atoms with Gasteiger partial charge in [-0.15, -0.1) is 0 Å². The van der Waals surface area contributed by atoms with Crippen molar-refractivity contribution in [3.8, 4) is 17.2 Å². The maximum Gasteiger partial charge on any atom is 0.328 e. The van der Waals surface area contributed by atoms with Crippen LogP contribution in [-0.4, -0.2) is 55.0 Å². The Hall–Kier alpha value is -3.89. The lowest BCUT2D eigenvalue weighted by atomic mass is 9.93. The number of halogens is 1. The minimum Gasteiger partial charge on any atom is -0.493 e. The van der Waals surface area contributed by atoms with Crippen molar-refractivity contribution >= 4 is 17.8 Å². The van der Waals surface area contributed by atoms with Crippen LogP contribution >= 0.6 is 0 Å². The Morgan fingerprint density at radius 2 is 1.82 bits per heavy atom. The molecule has 0 fully saturated rings. The van der Waals surface area contributed by atoms with E-state index < -0.39 is 48.7 Å². The lowest BCUT2D eigenvalue weighted by Crippen LogP contribution is -2.45. The van der Waals surface area contributed by atoms with Crippen LogP contribution in [0.2, 0.25) is 0 Å². The lowest BCUT2D eigenvalue weighted by molar-refractivity contribution is -0.156. The third kappa shape index (κ3) is 8.60. The van der Waals surface area contributed by atoms with Gasteiger partial charge in [-0.1, -0.05) is 19.9 Å². The van der Waals surface area contributed by atoms with E-state index in [4.69, 9.17) is 23.7 Å². The van der Waals surface area contributed by atoms with Crippen LogP contribution in [0.5, 0.6) is 17.2 Å². The zero-order chi connectivity index (χ0) is 28.2. The number of carbonyl (C=O) groups excluding carboxylic acids is 3. The highest BCUT2D eigenvalue weighted by Crippen LogP contribution is 2.30. The molecule has 10 nitrogen and oxygen atoms in total. The number of pyridine rings is 1. The van der Waals surface area contributed by atoms with Gasteiger partial charge in [0.2, 0.25) is 6.79 Å². The first-order valence-corrected chi connectivity index (χ1v) is 12.3. The van der Waals surface area contributed by atoms with Crippen molar-refractivity contribution < 1.29 is 42.5 Å². The normalized spacial score (nSPS) is 13.2. The van der Waals surface area contributed by atoms with Crippen molar-refractivity contribution in [2.75, 3.05) is 13.9 Å². The monoisotopic (exact) mass is 534 g/mol. The molecule has 208 valence electrons. The molecule has 1 heterocycles. The van der Waals surface area contributed by atoms with Crippen LogP contribution < -0.4 is 19.5 Å². The second kappa shape index (κ2) is 14.7. The smallest absolute Gasteiger partial charge is 0.328 e. The van der Waals surface area contributed by atoms with Crippen LogP contribution in [0.1, 0.15) is 57.9 Å². The number of nitrogens with zero attached hydrogens (tertiary/aromatic N) is 1. The van der Waals surface area contributed by atoms with Crippen LogP contribution in [0, 0.1) is 11.7 Å². The number of hydrogen-bond donors (Lipinski definition) is 1. The average molecular weight is 535 g/mol. The molecule has 3 atom stereocenters. The number of carbonyl (C=O) groups is 3. The maximum absolute atomic E-state index is 13.7. The highest BCUT2D eigenvalue weighted by molar-refractivity contribution is 5.98. The van der Waals surface area contributed by atoms with E-state index in [0.717, 1.165) is 12.8 Å². The summed E-state index contributed by atoms with van der Waals surface area (Å²) in [6.07, 6.45) is 1.60. The van der Waals surface area contributed by atoms with E-state index in [1.807, 2.05) is 13.8 Å². The molecular weight excluding hydrogens is 499 g/mol. The van der Waals surface area contributed by atoms with Crippen molar-refractivity contribution in [3.05, 3.63) is 48.0 Å². The molecule has 38 heavy (non-hydrogen) atoms. The summed E-state index contributed by atoms with van der Waals surface area (Å²) >= 11 is 0. The number of nitrogens with one attached hydrogen (secondary N) is 1. The van der Waals surface area contributed by atoms with Gasteiger partial charge < -0.3 is 29.0 Å². The van der Waals surface area contributed by atoms with E-state index in [9.17, 15) is 18.8 Å². The van der Waals surface area contributed by atoms with Crippen LogP contribution in [-0.2, 0) is 19.1 Å². The number of rotatable bonds is 14. The summed E-state index contributed by atoms with van der Waals surface area (Å²) in [5.74, 6) is -1.95. The summed E-state index contributed by atoms with van der Waals surface area (Å²) in [5.41, 5.74) is -0.173. The molecule has 1 N–H and O–H groups in total. The maximum atomic E-state index is 13.7. The highest BCUT2D eigenvalue weighted by atomic mass is 19.1. The zero-order valence-corrected chi connectivity index (χ0v) is 22.5. The molecule has 1 aromatic heterocycles. The van der Waals surface area contributed by atoms with E-state index in [0.29, 0.717) is 5.75 Å². The SMILES string of the molecule is CCC(CC)[C@@H](Oc1cccc(F)c1)[C@H](C)OC(=O)[C@H](C)NC(=O)c1nccc(OC)c1OCOC(C)=O. The van der Waals surface area contributed by atoms with Crippen molar-refractivity contribution in [2.24, 2.45) is 5.92 Å². The minimum atomic E-state index is -1.06. The number of ether oxygens (including phenoxy) is 5. The zero-order valence-electron chi connectivity index (χ0n) is 22.5. The van der Waals surface area contributed by atoms with Gasteiger partial charge in [-0.05, 0) is 44.7 Å². The largest absolute Gasteiger partial charge is 0.493 e. The van der Waals surface area contributed by atoms with Gasteiger partial charge in [-0.3, -0.25) is 9.59 Å². The van der Waals surface area contributed by atoms with Gasteiger partial charge in [0.15, 0.2) is 17.2 Å². The van der Waals surface area contributed by atoms with E-state index in [1.54, 1.807) is 19.1 Å². The Bertz CT molecular complexity index is 1090. The Kier molecular flexibility index (Phi) is 11.8. The van der Waals surface area contributed by atoms with Crippen LogP contribution in [0.4, 0.5) is 4.39 Å². The topological polar surface area (TPSA) is 122 Å². The third-order valence-corrected chi connectivity index (χ3v) is 5.82. The summed E-state index contributed by atoms with van der Waals surface area (Å²) < 4.78 is 40.8. The molecule has 0 bridgehead atoms. The Balaban J connectivity index is 2.12. The van der Waals surface area contributed by atoms with Gasteiger partial charge >= 0.3 is 11.9 Å². The Labute approximate surface area is 221 Å². The molecule has 0 aliphatic rings. The number of esters is 2. The minimum absolute atomic E-state index is 0.0314. The van der Waals surface area contributed by atoms with Crippen LogP contribution in [0.3, 0.4) is 0 Å². The molecule has 11 heteroatoms. The molecule has 0 spiro atoms. The van der Waals surface area contributed by atoms with E-state index >= 15 is 0 Å². The molecule has 0 saturated heterocycles. The summed E-state index contributed by atoms with van der Waals surface area (Å²) in [4.78, 5) is 40.9. The second-order valence-corrected chi connectivity index (χ2v) is 8.54. The van der Waals surface area contributed by atoms with Gasteiger partial charge in [0, 0.05) is 25.3 Å². The summed E-state index contributed by atoms with van der Waals surface area (Å²) in [6.45, 7) is 7.90. The lowest BCUT2D eigenvalue weighted by Gasteiger charge is -2.31. The van der Waals surface area contributed by atoms with Crippen LogP contribution in [0.25, 0.3) is 0 Å². The molecule has 1 amide bonds. The van der Waals surface area contributed by atoms with Gasteiger partial charge in [-0.2, -0.15) is 0 Å². The first-order valence-electron chi connectivity index (χ1n) is 12.3. The molecule has 0 saturated carbocycles. The quantitative estimate of drug-likeness (QED) is 0.282. The predicted octanol–water partition coefficient (Wildman–Crippen LogP) is 4.06. The molecule has 2 aromatic rings. The second-order valence-electron chi connectivity index (χ2n) is 8.54. The van der Waals surface area contributed by atoms with E-state index in [1.165, 1.54) is 45.4 Å². The fourth-order valence-corrected chi connectivity index (χ4v) is 3.77. The summed E-state index contributed by atoms with van der Waals surface area (Å²) in [7, 11) is 1.37. The molecule has 0 aliphatic heterocycles. The van der Waals surface area contributed by atoms with E-state index in [-0.39, 0.29) is 23.1 Å².